The van der Waals surface area contributed by atoms with Crippen LogP contribution in [0.25, 0.3) is 0 Å². The van der Waals surface area contributed by atoms with Crippen LogP contribution in [0.3, 0.4) is 0 Å². The topological polar surface area (TPSA) is 44.8 Å². The minimum atomic E-state index is -0.649. The van der Waals surface area contributed by atoms with Crippen LogP contribution >= 0.6 is 15.9 Å². The van der Waals surface area contributed by atoms with Crippen LogP contribution in [0.1, 0.15) is 47.5 Å². The fraction of sp³-hybridized carbons (Fsp3) is 0.923. The highest BCUT2D eigenvalue weighted by molar-refractivity contribution is 9.09. The van der Waals surface area contributed by atoms with Crippen molar-refractivity contribution in [2.24, 2.45) is 0 Å². The lowest BCUT2D eigenvalue weighted by Gasteiger charge is -2.40. The van der Waals surface area contributed by atoms with Crippen LogP contribution in [0.5, 0.6) is 0 Å². The van der Waals surface area contributed by atoms with Gasteiger partial charge in [0.1, 0.15) is 5.60 Å². The molecule has 0 radical (unpaired) electrons. The molecule has 0 spiro atoms. The van der Waals surface area contributed by atoms with E-state index in [2.05, 4.69) is 15.9 Å². The third kappa shape index (κ3) is 5.67. The van der Waals surface area contributed by atoms with Gasteiger partial charge in [-0.25, -0.2) is 0 Å². The zero-order valence-electron chi connectivity index (χ0n) is 11.8. The van der Waals surface area contributed by atoms with Crippen molar-refractivity contribution in [1.29, 1.82) is 0 Å². The van der Waals surface area contributed by atoms with Crippen LogP contribution in [0.2, 0.25) is 0 Å². The predicted molar refractivity (Wildman–Crippen MR) is 72.7 cm³/mol. The van der Waals surface area contributed by atoms with Gasteiger partial charge < -0.3 is 14.2 Å². The zero-order chi connectivity index (χ0) is 14.0. The summed E-state index contributed by atoms with van der Waals surface area (Å²) in [6.07, 6.45) is 0.897. The van der Waals surface area contributed by atoms with Gasteiger partial charge in [0.25, 0.3) is 0 Å². The summed E-state index contributed by atoms with van der Waals surface area (Å²) < 4.78 is 16.8. The molecule has 1 saturated heterocycles. The van der Waals surface area contributed by atoms with E-state index in [0.717, 1.165) is 5.33 Å². The molecule has 1 aliphatic heterocycles. The molecule has 4 nitrogen and oxygen atoms in total. The summed E-state index contributed by atoms with van der Waals surface area (Å²) in [6.45, 7) is 9.32. The van der Waals surface area contributed by atoms with E-state index < -0.39 is 11.4 Å². The highest BCUT2D eigenvalue weighted by atomic mass is 79.9. The number of rotatable bonds is 3. The molecular weight excluding hydrogens is 300 g/mol. The van der Waals surface area contributed by atoms with Crippen LogP contribution in [0, 0.1) is 0 Å². The van der Waals surface area contributed by atoms with Gasteiger partial charge in [-0.05, 0) is 34.6 Å². The predicted octanol–water partition coefficient (Wildman–Crippen LogP) is 3.02. The number of hydrogen-bond donors (Lipinski definition) is 0. The molecule has 2 atom stereocenters. The van der Waals surface area contributed by atoms with Gasteiger partial charge in [0.15, 0.2) is 5.79 Å². The first-order valence-electron chi connectivity index (χ1n) is 6.25. The van der Waals surface area contributed by atoms with Crippen molar-refractivity contribution < 1.29 is 19.0 Å². The third-order valence-corrected chi connectivity index (χ3v) is 3.14. The molecule has 1 rings (SSSR count). The van der Waals surface area contributed by atoms with Crippen molar-refractivity contribution in [1.82, 2.24) is 0 Å². The van der Waals surface area contributed by atoms with Crippen LogP contribution in [-0.4, -0.2) is 34.9 Å². The highest BCUT2D eigenvalue weighted by Crippen LogP contribution is 2.29. The first kappa shape index (κ1) is 15.9. The van der Waals surface area contributed by atoms with E-state index in [0.29, 0.717) is 6.42 Å². The van der Waals surface area contributed by atoms with Crippen molar-refractivity contribution in [3.8, 4) is 0 Å². The monoisotopic (exact) mass is 322 g/mol. The summed E-state index contributed by atoms with van der Waals surface area (Å²) in [5.74, 6) is -0.873. The average Bonchev–Trinajstić information content (AvgIpc) is 2.11. The number of ether oxygens (including phenoxy) is 3. The van der Waals surface area contributed by atoms with Gasteiger partial charge in [0, 0.05) is 11.8 Å². The van der Waals surface area contributed by atoms with Crippen LogP contribution in [-0.2, 0) is 19.0 Å². The largest absolute Gasteiger partial charge is 0.460 e. The number of carbonyl (C=O) groups excluding carboxylic acids is 1. The Morgan fingerprint density at radius 2 is 1.89 bits per heavy atom. The summed E-state index contributed by atoms with van der Waals surface area (Å²) in [7, 11) is 0. The van der Waals surface area contributed by atoms with Crippen LogP contribution in [0.4, 0.5) is 0 Å². The lowest BCUT2D eigenvalue weighted by atomic mass is 10.1. The molecule has 0 N–H and O–H groups in total. The first-order chi connectivity index (χ1) is 8.11. The highest BCUT2D eigenvalue weighted by Gasteiger charge is 2.36. The standard InChI is InChI=1S/C13H23BrO4/c1-12(2,3)18-11(15)7-9-6-10(8-14)17-13(4,5)16-9/h9-10H,6-8H2,1-5H3. The van der Waals surface area contributed by atoms with Gasteiger partial charge in [-0.1, -0.05) is 15.9 Å². The number of carbonyl (C=O) groups is 1. The Hall–Kier alpha value is -0.130. The van der Waals surface area contributed by atoms with Gasteiger partial charge in [-0.2, -0.15) is 0 Å². The molecule has 0 aliphatic carbocycles. The molecule has 0 aromatic carbocycles. The second kappa shape index (κ2) is 5.88. The number of alkyl halides is 1. The van der Waals surface area contributed by atoms with E-state index in [1.54, 1.807) is 0 Å². The van der Waals surface area contributed by atoms with Gasteiger partial charge in [0.2, 0.25) is 0 Å². The summed E-state index contributed by atoms with van der Waals surface area (Å²) in [4.78, 5) is 11.8. The SMILES string of the molecule is CC(C)(C)OC(=O)CC1CC(CBr)OC(C)(C)O1. The number of hydrogen-bond acceptors (Lipinski definition) is 4. The normalized spacial score (nSPS) is 27.9. The zero-order valence-corrected chi connectivity index (χ0v) is 13.4. The molecule has 1 fully saturated rings. The average molecular weight is 323 g/mol. The van der Waals surface area contributed by atoms with Crippen molar-refractivity contribution in [3.63, 3.8) is 0 Å². The first-order valence-corrected chi connectivity index (χ1v) is 7.37. The van der Waals surface area contributed by atoms with E-state index in [-0.39, 0.29) is 24.6 Å². The molecule has 5 heteroatoms. The van der Waals surface area contributed by atoms with Crippen molar-refractivity contribution in [2.45, 2.75) is 71.1 Å². The minimum Gasteiger partial charge on any atom is -0.460 e. The van der Waals surface area contributed by atoms with Gasteiger partial charge in [-0.3, -0.25) is 4.79 Å². The van der Waals surface area contributed by atoms with E-state index in [1.807, 2.05) is 34.6 Å². The van der Waals surface area contributed by atoms with Gasteiger partial charge in [0.05, 0.1) is 18.6 Å². The molecule has 1 aliphatic rings. The lowest BCUT2D eigenvalue weighted by molar-refractivity contribution is -0.295. The molecule has 1 heterocycles. The molecule has 18 heavy (non-hydrogen) atoms. The molecule has 0 amide bonds. The van der Waals surface area contributed by atoms with Crippen molar-refractivity contribution >= 4 is 21.9 Å². The number of esters is 1. The fourth-order valence-electron chi connectivity index (χ4n) is 2.01. The summed E-state index contributed by atoms with van der Waals surface area (Å²) in [6, 6.07) is 0. The third-order valence-electron chi connectivity index (χ3n) is 2.41. The molecular formula is C13H23BrO4. The molecule has 0 bridgehead atoms. The Balaban J connectivity index is 2.53. The molecule has 2 unspecified atom stereocenters. The maximum absolute atomic E-state index is 11.8. The lowest BCUT2D eigenvalue weighted by Crippen LogP contribution is -2.46. The molecule has 0 saturated carbocycles. The van der Waals surface area contributed by atoms with Gasteiger partial charge in [-0.15, -0.1) is 0 Å². The summed E-state index contributed by atoms with van der Waals surface area (Å²) in [5.41, 5.74) is -0.452. The Bertz CT molecular complexity index is 296. The Labute approximate surface area is 117 Å². The van der Waals surface area contributed by atoms with Gasteiger partial charge >= 0.3 is 5.97 Å². The second-order valence-corrected chi connectivity index (χ2v) is 6.71. The fourth-order valence-corrected chi connectivity index (χ4v) is 2.41. The Morgan fingerprint density at radius 3 is 2.39 bits per heavy atom. The Morgan fingerprint density at radius 1 is 1.33 bits per heavy atom. The maximum Gasteiger partial charge on any atom is 0.308 e. The maximum atomic E-state index is 11.8. The molecule has 0 aromatic heterocycles. The quantitative estimate of drug-likeness (QED) is 0.592. The smallest absolute Gasteiger partial charge is 0.308 e. The van der Waals surface area contributed by atoms with Crippen molar-refractivity contribution in [2.75, 3.05) is 5.33 Å². The molecule has 106 valence electrons. The number of halogens is 1. The van der Waals surface area contributed by atoms with E-state index >= 15 is 0 Å². The van der Waals surface area contributed by atoms with E-state index in [9.17, 15) is 4.79 Å². The van der Waals surface area contributed by atoms with E-state index in [4.69, 9.17) is 14.2 Å². The van der Waals surface area contributed by atoms with E-state index in [1.165, 1.54) is 0 Å². The van der Waals surface area contributed by atoms with Crippen molar-refractivity contribution in [3.05, 3.63) is 0 Å². The minimum absolute atomic E-state index is 0.0705. The summed E-state index contributed by atoms with van der Waals surface area (Å²) >= 11 is 3.41. The summed E-state index contributed by atoms with van der Waals surface area (Å²) in [5, 5.41) is 0.741. The Kier molecular flexibility index (Phi) is 5.21. The molecule has 0 aromatic rings. The van der Waals surface area contributed by atoms with Crippen LogP contribution < -0.4 is 0 Å². The van der Waals surface area contributed by atoms with Crippen LogP contribution in [0.15, 0.2) is 0 Å². The second-order valence-electron chi connectivity index (χ2n) is 6.06.